The molecule has 0 bridgehead atoms. The lowest BCUT2D eigenvalue weighted by Gasteiger charge is -2.18. The molecule has 3 aromatic rings. The monoisotopic (exact) mass is 281 g/mol. The third-order valence-electron chi connectivity index (χ3n) is 3.75. The third-order valence-corrected chi connectivity index (χ3v) is 3.75. The molecule has 1 N–H and O–H groups in total. The van der Waals surface area contributed by atoms with Gasteiger partial charge in [0.1, 0.15) is 5.75 Å². The van der Waals surface area contributed by atoms with Crippen LogP contribution in [0.1, 0.15) is 11.6 Å². The van der Waals surface area contributed by atoms with E-state index in [9.17, 15) is 0 Å². The third kappa shape index (κ3) is 2.76. The number of benzene rings is 2. The van der Waals surface area contributed by atoms with Crippen LogP contribution in [0.25, 0.3) is 11.0 Å². The number of nitrogens with one attached hydrogen (secondary N) is 1. The van der Waals surface area contributed by atoms with E-state index in [1.165, 1.54) is 5.56 Å². The second-order valence-electron chi connectivity index (χ2n) is 5.00. The van der Waals surface area contributed by atoms with Crippen LogP contribution in [0.2, 0.25) is 0 Å². The molecule has 3 rings (SSSR count). The maximum absolute atomic E-state index is 5.31. The summed E-state index contributed by atoms with van der Waals surface area (Å²) < 4.78 is 7.48. The van der Waals surface area contributed by atoms with Gasteiger partial charge in [0.25, 0.3) is 0 Å². The average Bonchev–Trinajstić information content (AvgIpc) is 2.95. The molecule has 0 saturated carbocycles. The van der Waals surface area contributed by atoms with Gasteiger partial charge in [0.15, 0.2) is 0 Å². The molecule has 0 aliphatic heterocycles. The van der Waals surface area contributed by atoms with Gasteiger partial charge in [0.2, 0.25) is 0 Å². The van der Waals surface area contributed by atoms with E-state index >= 15 is 0 Å². The molecule has 108 valence electrons. The standard InChI is InChI=1S/C17H19N3O/c1-18-16(13-6-5-7-14(10-13)21-2)11-20-12-19-15-8-3-4-9-17(15)20/h3-10,12,16,18H,11H2,1-2H3. The Morgan fingerprint density at radius 3 is 2.86 bits per heavy atom. The fourth-order valence-electron chi connectivity index (χ4n) is 2.57. The molecular formula is C17H19N3O. The number of nitrogens with zero attached hydrogens (tertiary/aromatic N) is 2. The van der Waals surface area contributed by atoms with E-state index in [0.717, 1.165) is 23.3 Å². The van der Waals surface area contributed by atoms with Gasteiger partial charge in [0.05, 0.1) is 30.5 Å². The van der Waals surface area contributed by atoms with Gasteiger partial charge in [-0.15, -0.1) is 0 Å². The van der Waals surface area contributed by atoms with Crippen molar-refractivity contribution < 1.29 is 4.74 Å². The van der Waals surface area contributed by atoms with Gasteiger partial charge in [-0.3, -0.25) is 0 Å². The first-order valence-corrected chi connectivity index (χ1v) is 7.03. The summed E-state index contributed by atoms with van der Waals surface area (Å²) in [7, 11) is 3.67. The summed E-state index contributed by atoms with van der Waals surface area (Å²) >= 11 is 0. The first-order chi connectivity index (χ1) is 10.3. The largest absolute Gasteiger partial charge is 0.497 e. The molecule has 0 amide bonds. The van der Waals surface area contributed by atoms with Gasteiger partial charge in [-0.2, -0.15) is 0 Å². The van der Waals surface area contributed by atoms with E-state index in [0.29, 0.717) is 0 Å². The van der Waals surface area contributed by atoms with Crippen molar-refractivity contribution in [3.05, 3.63) is 60.4 Å². The number of fused-ring (bicyclic) bond motifs is 1. The fourth-order valence-corrected chi connectivity index (χ4v) is 2.57. The molecule has 0 saturated heterocycles. The normalized spacial score (nSPS) is 12.5. The molecule has 4 heteroatoms. The highest BCUT2D eigenvalue weighted by atomic mass is 16.5. The van der Waals surface area contributed by atoms with Crippen molar-refractivity contribution in [2.24, 2.45) is 0 Å². The Hall–Kier alpha value is -2.33. The fraction of sp³-hybridized carbons (Fsp3) is 0.235. The molecule has 1 heterocycles. The van der Waals surface area contributed by atoms with Crippen LogP contribution in [-0.4, -0.2) is 23.7 Å². The van der Waals surface area contributed by atoms with Gasteiger partial charge in [0, 0.05) is 6.54 Å². The predicted molar refractivity (Wildman–Crippen MR) is 84.5 cm³/mol. The molecule has 0 aliphatic rings. The van der Waals surface area contributed by atoms with Crippen LogP contribution in [0.5, 0.6) is 5.75 Å². The molecule has 2 aromatic carbocycles. The molecule has 0 aliphatic carbocycles. The van der Waals surface area contributed by atoms with Crippen molar-refractivity contribution in [3.8, 4) is 5.75 Å². The highest BCUT2D eigenvalue weighted by Gasteiger charge is 2.12. The highest BCUT2D eigenvalue weighted by Crippen LogP contribution is 2.22. The minimum absolute atomic E-state index is 0.206. The van der Waals surface area contributed by atoms with Crippen molar-refractivity contribution in [1.29, 1.82) is 0 Å². The zero-order valence-electron chi connectivity index (χ0n) is 12.3. The van der Waals surface area contributed by atoms with Gasteiger partial charge in [-0.05, 0) is 36.9 Å². The lowest BCUT2D eigenvalue weighted by atomic mass is 10.1. The number of methoxy groups -OCH3 is 1. The summed E-state index contributed by atoms with van der Waals surface area (Å²) in [5.41, 5.74) is 3.38. The number of hydrogen-bond acceptors (Lipinski definition) is 3. The van der Waals surface area contributed by atoms with E-state index in [4.69, 9.17) is 4.74 Å². The first kappa shape index (κ1) is 13.6. The van der Waals surface area contributed by atoms with Crippen molar-refractivity contribution >= 4 is 11.0 Å². The van der Waals surface area contributed by atoms with E-state index in [-0.39, 0.29) is 6.04 Å². The van der Waals surface area contributed by atoms with E-state index in [1.807, 2.05) is 43.7 Å². The molecular weight excluding hydrogens is 262 g/mol. The Bertz CT molecular complexity index is 735. The summed E-state index contributed by atoms with van der Waals surface area (Å²) in [4.78, 5) is 4.44. The molecule has 0 radical (unpaired) electrons. The van der Waals surface area contributed by atoms with Crippen LogP contribution in [0, 0.1) is 0 Å². The Morgan fingerprint density at radius 1 is 1.19 bits per heavy atom. The molecule has 1 unspecified atom stereocenters. The summed E-state index contributed by atoms with van der Waals surface area (Å²) in [5.74, 6) is 0.878. The first-order valence-electron chi connectivity index (χ1n) is 7.03. The lowest BCUT2D eigenvalue weighted by molar-refractivity contribution is 0.412. The number of imidazole rings is 1. The average molecular weight is 281 g/mol. The van der Waals surface area contributed by atoms with Crippen LogP contribution in [0.4, 0.5) is 0 Å². The van der Waals surface area contributed by atoms with Crippen molar-refractivity contribution in [2.45, 2.75) is 12.6 Å². The number of ether oxygens (including phenoxy) is 1. The molecule has 4 nitrogen and oxygen atoms in total. The Balaban J connectivity index is 1.90. The number of hydrogen-bond donors (Lipinski definition) is 1. The smallest absolute Gasteiger partial charge is 0.119 e. The van der Waals surface area contributed by atoms with Crippen LogP contribution in [0.3, 0.4) is 0 Å². The van der Waals surface area contributed by atoms with Gasteiger partial charge in [-0.25, -0.2) is 4.98 Å². The quantitative estimate of drug-likeness (QED) is 0.781. The molecule has 1 atom stereocenters. The maximum atomic E-state index is 5.31. The predicted octanol–water partition coefficient (Wildman–Crippen LogP) is 3.01. The molecule has 21 heavy (non-hydrogen) atoms. The zero-order chi connectivity index (χ0) is 14.7. The Morgan fingerprint density at radius 2 is 2.05 bits per heavy atom. The molecule has 1 aromatic heterocycles. The highest BCUT2D eigenvalue weighted by molar-refractivity contribution is 5.74. The van der Waals surface area contributed by atoms with E-state index < -0.39 is 0 Å². The zero-order valence-corrected chi connectivity index (χ0v) is 12.3. The lowest BCUT2D eigenvalue weighted by Crippen LogP contribution is -2.21. The molecule has 0 fully saturated rings. The Labute approximate surface area is 124 Å². The topological polar surface area (TPSA) is 39.1 Å². The van der Waals surface area contributed by atoms with Crippen LogP contribution in [-0.2, 0) is 6.54 Å². The minimum atomic E-state index is 0.206. The maximum Gasteiger partial charge on any atom is 0.119 e. The van der Waals surface area contributed by atoms with E-state index in [2.05, 4.69) is 33.1 Å². The van der Waals surface area contributed by atoms with Crippen LogP contribution >= 0.6 is 0 Å². The molecule has 0 spiro atoms. The van der Waals surface area contributed by atoms with Crippen molar-refractivity contribution in [3.63, 3.8) is 0 Å². The van der Waals surface area contributed by atoms with Crippen molar-refractivity contribution in [1.82, 2.24) is 14.9 Å². The van der Waals surface area contributed by atoms with Gasteiger partial charge in [-0.1, -0.05) is 24.3 Å². The number of likely N-dealkylation sites (N-methyl/N-ethyl adjacent to an activating group) is 1. The van der Waals surface area contributed by atoms with Crippen LogP contribution < -0.4 is 10.1 Å². The van der Waals surface area contributed by atoms with E-state index in [1.54, 1.807) is 7.11 Å². The Kier molecular flexibility index (Phi) is 3.88. The summed E-state index contributed by atoms with van der Waals surface area (Å²) in [6.45, 7) is 0.824. The summed E-state index contributed by atoms with van der Waals surface area (Å²) in [6.07, 6.45) is 1.90. The number of aromatic nitrogens is 2. The second-order valence-corrected chi connectivity index (χ2v) is 5.00. The van der Waals surface area contributed by atoms with Crippen molar-refractivity contribution in [2.75, 3.05) is 14.2 Å². The summed E-state index contributed by atoms with van der Waals surface area (Å²) in [5, 5.41) is 3.37. The van der Waals surface area contributed by atoms with Gasteiger partial charge >= 0.3 is 0 Å². The number of rotatable bonds is 5. The number of para-hydroxylation sites is 2. The second kappa shape index (κ2) is 5.97. The van der Waals surface area contributed by atoms with Crippen LogP contribution in [0.15, 0.2) is 54.9 Å². The SMILES string of the molecule is CNC(Cn1cnc2ccccc21)c1cccc(OC)c1. The minimum Gasteiger partial charge on any atom is -0.497 e. The van der Waals surface area contributed by atoms with Gasteiger partial charge < -0.3 is 14.6 Å². The summed E-state index contributed by atoms with van der Waals surface area (Å²) in [6, 6.07) is 16.6.